The number of carbonyl (C=O) groups is 2. The Morgan fingerprint density at radius 1 is 1.45 bits per heavy atom. The zero-order chi connectivity index (χ0) is 14.5. The highest BCUT2D eigenvalue weighted by Gasteiger charge is 2.25. The molecule has 0 spiro atoms. The van der Waals surface area contributed by atoms with Crippen LogP contribution < -0.4 is 0 Å². The number of hydrogen-bond donors (Lipinski definition) is 1. The molecule has 1 N–H and O–H groups in total. The second kappa shape index (κ2) is 6.83. The minimum Gasteiger partial charge on any atom is -0.481 e. The SMILES string of the molecule is O=C(O)CCC1CCCN(C(=O)c2cncc(Br)c2)C1. The first-order valence-electron chi connectivity index (χ1n) is 6.68. The van der Waals surface area contributed by atoms with Crippen LogP contribution in [0.1, 0.15) is 36.0 Å². The first-order chi connectivity index (χ1) is 9.56. The number of aliphatic carboxylic acids is 1. The summed E-state index contributed by atoms with van der Waals surface area (Å²) in [7, 11) is 0. The van der Waals surface area contributed by atoms with Gasteiger partial charge in [0.1, 0.15) is 0 Å². The lowest BCUT2D eigenvalue weighted by Gasteiger charge is -2.32. The van der Waals surface area contributed by atoms with E-state index in [4.69, 9.17) is 5.11 Å². The van der Waals surface area contributed by atoms with Gasteiger partial charge in [-0.1, -0.05) is 0 Å². The maximum absolute atomic E-state index is 12.4. The van der Waals surface area contributed by atoms with Crippen molar-refractivity contribution < 1.29 is 14.7 Å². The van der Waals surface area contributed by atoms with E-state index in [-0.39, 0.29) is 18.2 Å². The number of carbonyl (C=O) groups excluding carboxylic acids is 1. The lowest BCUT2D eigenvalue weighted by atomic mass is 9.93. The molecule has 108 valence electrons. The number of nitrogens with zero attached hydrogens (tertiary/aromatic N) is 2. The summed E-state index contributed by atoms with van der Waals surface area (Å²) in [6.07, 6.45) is 5.93. The van der Waals surface area contributed by atoms with E-state index in [0.29, 0.717) is 18.5 Å². The van der Waals surface area contributed by atoms with Crippen molar-refractivity contribution in [3.05, 3.63) is 28.5 Å². The van der Waals surface area contributed by atoms with Gasteiger partial charge >= 0.3 is 5.97 Å². The predicted molar refractivity (Wildman–Crippen MR) is 77.4 cm³/mol. The molecule has 5 nitrogen and oxygen atoms in total. The lowest BCUT2D eigenvalue weighted by molar-refractivity contribution is -0.137. The van der Waals surface area contributed by atoms with Crippen LogP contribution in [-0.2, 0) is 4.79 Å². The molecule has 1 unspecified atom stereocenters. The Kier molecular flexibility index (Phi) is 5.11. The number of carboxylic acids is 1. The Labute approximate surface area is 126 Å². The molecule has 1 fully saturated rings. The van der Waals surface area contributed by atoms with E-state index < -0.39 is 5.97 Å². The van der Waals surface area contributed by atoms with Gasteiger partial charge in [0.25, 0.3) is 5.91 Å². The third-order valence-electron chi connectivity index (χ3n) is 3.52. The van der Waals surface area contributed by atoms with Gasteiger partial charge in [0.05, 0.1) is 5.56 Å². The first-order valence-corrected chi connectivity index (χ1v) is 7.47. The lowest BCUT2D eigenvalue weighted by Crippen LogP contribution is -2.40. The maximum Gasteiger partial charge on any atom is 0.303 e. The Balaban J connectivity index is 1.98. The summed E-state index contributed by atoms with van der Waals surface area (Å²) in [5.74, 6) is -0.521. The van der Waals surface area contributed by atoms with E-state index in [0.717, 1.165) is 23.9 Å². The molecular weight excluding hydrogens is 324 g/mol. The number of hydrogen-bond acceptors (Lipinski definition) is 3. The van der Waals surface area contributed by atoms with Crippen LogP contribution >= 0.6 is 15.9 Å². The van der Waals surface area contributed by atoms with Crippen LogP contribution in [0.2, 0.25) is 0 Å². The summed E-state index contributed by atoms with van der Waals surface area (Å²) in [5.41, 5.74) is 0.568. The Morgan fingerprint density at radius 3 is 2.95 bits per heavy atom. The van der Waals surface area contributed by atoms with E-state index in [1.165, 1.54) is 0 Å². The average molecular weight is 341 g/mol. The molecular formula is C14H17BrN2O3. The van der Waals surface area contributed by atoms with Crippen molar-refractivity contribution in [1.29, 1.82) is 0 Å². The molecule has 0 aliphatic carbocycles. The van der Waals surface area contributed by atoms with Crippen molar-refractivity contribution in [3.8, 4) is 0 Å². The molecule has 1 aromatic rings. The molecule has 1 aliphatic rings. The highest BCUT2D eigenvalue weighted by molar-refractivity contribution is 9.10. The van der Waals surface area contributed by atoms with Crippen LogP contribution in [0.5, 0.6) is 0 Å². The van der Waals surface area contributed by atoms with Crippen LogP contribution in [0, 0.1) is 5.92 Å². The molecule has 20 heavy (non-hydrogen) atoms. The molecule has 2 rings (SSSR count). The van der Waals surface area contributed by atoms with Crippen molar-refractivity contribution in [2.45, 2.75) is 25.7 Å². The molecule has 2 heterocycles. The van der Waals surface area contributed by atoms with Crippen LogP contribution in [0.25, 0.3) is 0 Å². The molecule has 1 amide bonds. The molecule has 1 atom stereocenters. The second-order valence-electron chi connectivity index (χ2n) is 5.08. The van der Waals surface area contributed by atoms with E-state index in [1.54, 1.807) is 23.4 Å². The summed E-state index contributed by atoms with van der Waals surface area (Å²) in [6, 6.07) is 1.76. The number of pyridine rings is 1. The number of likely N-dealkylation sites (tertiary alicyclic amines) is 1. The van der Waals surface area contributed by atoms with Crippen LogP contribution in [0.15, 0.2) is 22.9 Å². The highest BCUT2D eigenvalue weighted by atomic mass is 79.9. The van der Waals surface area contributed by atoms with Crippen LogP contribution in [-0.4, -0.2) is 40.0 Å². The van der Waals surface area contributed by atoms with Gasteiger partial charge in [-0.3, -0.25) is 14.6 Å². The molecule has 1 aromatic heterocycles. The van der Waals surface area contributed by atoms with E-state index in [9.17, 15) is 9.59 Å². The molecule has 0 saturated carbocycles. The first kappa shape index (κ1) is 15.0. The van der Waals surface area contributed by atoms with E-state index in [2.05, 4.69) is 20.9 Å². The largest absolute Gasteiger partial charge is 0.481 e. The zero-order valence-electron chi connectivity index (χ0n) is 11.1. The van der Waals surface area contributed by atoms with E-state index >= 15 is 0 Å². The third kappa shape index (κ3) is 4.03. The molecule has 0 radical (unpaired) electrons. The number of piperidine rings is 1. The van der Waals surface area contributed by atoms with Crippen molar-refractivity contribution >= 4 is 27.8 Å². The fourth-order valence-electron chi connectivity index (χ4n) is 2.52. The molecule has 6 heteroatoms. The van der Waals surface area contributed by atoms with Gasteiger partial charge in [-0.05, 0) is 47.2 Å². The van der Waals surface area contributed by atoms with Crippen molar-refractivity contribution in [3.63, 3.8) is 0 Å². The zero-order valence-corrected chi connectivity index (χ0v) is 12.7. The average Bonchev–Trinajstić information content (AvgIpc) is 2.44. The Hall–Kier alpha value is -1.43. The normalized spacial score (nSPS) is 18.9. The Morgan fingerprint density at radius 2 is 2.25 bits per heavy atom. The van der Waals surface area contributed by atoms with Crippen LogP contribution in [0.4, 0.5) is 0 Å². The minimum absolute atomic E-state index is 0.0289. The quantitative estimate of drug-likeness (QED) is 0.914. The number of rotatable bonds is 4. The van der Waals surface area contributed by atoms with Gasteiger partial charge in [-0.2, -0.15) is 0 Å². The highest BCUT2D eigenvalue weighted by Crippen LogP contribution is 2.23. The molecule has 0 bridgehead atoms. The number of carboxylic acid groups (broad SMARTS) is 1. The number of halogens is 1. The maximum atomic E-state index is 12.4. The molecule has 1 aliphatic heterocycles. The predicted octanol–water partition coefficient (Wildman–Crippen LogP) is 2.56. The monoisotopic (exact) mass is 340 g/mol. The molecule has 0 aromatic carbocycles. The summed E-state index contributed by atoms with van der Waals surface area (Å²) >= 11 is 3.31. The summed E-state index contributed by atoms with van der Waals surface area (Å²) in [6.45, 7) is 1.37. The fourth-order valence-corrected chi connectivity index (χ4v) is 2.89. The summed E-state index contributed by atoms with van der Waals surface area (Å²) in [4.78, 5) is 28.8. The van der Waals surface area contributed by atoms with Gasteiger partial charge in [-0.25, -0.2) is 0 Å². The van der Waals surface area contributed by atoms with Gasteiger partial charge < -0.3 is 10.0 Å². The second-order valence-corrected chi connectivity index (χ2v) is 6.00. The smallest absolute Gasteiger partial charge is 0.303 e. The van der Waals surface area contributed by atoms with Crippen LogP contribution in [0.3, 0.4) is 0 Å². The minimum atomic E-state index is -0.773. The van der Waals surface area contributed by atoms with Crippen molar-refractivity contribution in [2.75, 3.05) is 13.1 Å². The fraction of sp³-hybridized carbons (Fsp3) is 0.500. The Bertz CT molecular complexity index is 507. The van der Waals surface area contributed by atoms with Gasteiger partial charge in [0.15, 0.2) is 0 Å². The van der Waals surface area contributed by atoms with Crippen molar-refractivity contribution in [2.24, 2.45) is 5.92 Å². The third-order valence-corrected chi connectivity index (χ3v) is 3.96. The van der Waals surface area contributed by atoms with Gasteiger partial charge in [0, 0.05) is 36.4 Å². The van der Waals surface area contributed by atoms with E-state index in [1.807, 2.05) is 0 Å². The topological polar surface area (TPSA) is 70.5 Å². The molecule has 1 saturated heterocycles. The van der Waals surface area contributed by atoms with Gasteiger partial charge in [-0.15, -0.1) is 0 Å². The van der Waals surface area contributed by atoms with Gasteiger partial charge in [0.2, 0.25) is 0 Å². The number of amides is 1. The van der Waals surface area contributed by atoms with Crippen molar-refractivity contribution in [1.82, 2.24) is 9.88 Å². The summed E-state index contributed by atoms with van der Waals surface area (Å²) in [5, 5.41) is 8.73. The standard InChI is InChI=1S/C14H17BrN2O3/c15-12-6-11(7-16-8-12)14(20)17-5-1-2-10(9-17)3-4-13(18)19/h6-8,10H,1-5,9H2,(H,18,19). The number of aromatic nitrogens is 1. The summed E-state index contributed by atoms with van der Waals surface area (Å²) < 4.78 is 0.780.